The summed E-state index contributed by atoms with van der Waals surface area (Å²) in [4.78, 5) is 0. The molecule has 0 aromatic carbocycles. The van der Waals surface area contributed by atoms with Crippen LogP contribution in [0.25, 0.3) is 0 Å². The zero-order valence-electron chi connectivity index (χ0n) is 6.83. The quantitative estimate of drug-likeness (QED) is 0.343. The van der Waals surface area contributed by atoms with E-state index in [1.807, 2.05) is 0 Å². The van der Waals surface area contributed by atoms with Gasteiger partial charge in [0.1, 0.15) is 0 Å². The van der Waals surface area contributed by atoms with Crippen LogP contribution in [0, 0.1) is 17.8 Å². The molecule has 1 fully saturated rings. The molecule has 3 atom stereocenters. The summed E-state index contributed by atoms with van der Waals surface area (Å²) in [6.45, 7) is 0. The van der Waals surface area contributed by atoms with E-state index < -0.39 is 0 Å². The Kier molecular flexibility index (Phi) is 2.08. The van der Waals surface area contributed by atoms with Crippen molar-refractivity contribution in [1.29, 1.82) is 0 Å². The van der Waals surface area contributed by atoms with Gasteiger partial charge in [0.2, 0.25) is 0 Å². The first-order valence-electron chi connectivity index (χ1n) is 4.45. The van der Waals surface area contributed by atoms with Crippen LogP contribution in [-0.2, 0) is 11.4 Å². The van der Waals surface area contributed by atoms with E-state index in [2.05, 4.69) is 18.0 Å². The molecular weight excluding hydrogens is 152 g/mol. The second kappa shape index (κ2) is 3.06. The Balaban J connectivity index is 1.88. The Bertz CT molecular complexity index is 183. The Labute approximate surface area is 72.6 Å². The first-order chi connectivity index (χ1) is 5.40. The Hall–Kier alpha value is -0.170. The summed E-state index contributed by atoms with van der Waals surface area (Å²) in [5.74, 6) is 7.94. The van der Waals surface area contributed by atoms with Gasteiger partial charge in [-0.3, -0.25) is 0 Å². The third-order valence-corrected chi connectivity index (χ3v) is 3.57. The summed E-state index contributed by atoms with van der Waals surface area (Å²) < 4.78 is 0. The lowest BCUT2D eigenvalue weighted by atomic mass is 9.91. The maximum atomic E-state index is 3.81. The van der Waals surface area contributed by atoms with Crippen molar-refractivity contribution < 1.29 is 0 Å². The molecule has 2 bridgehead atoms. The zero-order chi connectivity index (χ0) is 7.68. The lowest BCUT2D eigenvalue weighted by Gasteiger charge is -2.14. The molecule has 0 spiro atoms. The summed E-state index contributed by atoms with van der Waals surface area (Å²) in [7, 11) is 0. The number of hydrogen-bond acceptors (Lipinski definition) is 0. The van der Waals surface area contributed by atoms with E-state index in [0.717, 1.165) is 17.8 Å². The van der Waals surface area contributed by atoms with E-state index >= 15 is 0 Å². The second-order valence-corrected chi connectivity index (χ2v) is 4.55. The average molecular weight is 167 g/mol. The van der Waals surface area contributed by atoms with Gasteiger partial charge in [-0.25, -0.2) is 0 Å². The van der Waals surface area contributed by atoms with E-state index in [9.17, 15) is 0 Å². The Morgan fingerprint density at radius 1 is 1.36 bits per heavy atom. The first-order valence-corrected chi connectivity index (χ1v) is 5.61. The summed E-state index contributed by atoms with van der Waals surface area (Å²) in [5, 5.41) is 0. The molecule has 2 rings (SSSR count). The number of fused-ring (bicyclic) bond motifs is 2. The highest BCUT2D eigenvalue weighted by Gasteiger charge is 2.35. The summed E-state index contributed by atoms with van der Waals surface area (Å²) >= 11 is 1.74. The van der Waals surface area contributed by atoms with Crippen LogP contribution in [-0.4, -0.2) is 11.6 Å². The molecule has 2 aliphatic carbocycles. The van der Waals surface area contributed by atoms with E-state index in [1.165, 1.54) is 25.0 Å². The predicted molar refractivity (Wildman–Crippen MR) is 52.8 cm³/mol. The highest BCUT2D eigenvalue weighted by Crippen LogP contribution is 2.44. The molecule has 60 valence electrons. The van der Waals surface area contributed by atoms with Gasteiger partial charge in [-0.05, 0) is 30.6 Å². The standard InChI is InChI=1S/C10H15S/c1-11-5-4-10-7-8-2-3-9(10)6-8/h2-3,8-10H,1,4-7H2/q+1. The molecule has 0 N–H and O–H groups in total. The van der Waals surface area contributed by atoms with E-state index in [-0.39, 0.29) is 0 Å². The van der Waals surface area contributed by atoms with Crippen molar-refractivity contribution in [3.63, 3.8) is 0 Å². The molecule has 1 saturated carbocycles. The van der Waals surface area contributed by atoms with Crippen LogP contribution in [0.5, 0.6) is 0 Å². The van der Waals surface area contributed by atoms with Gasteiger partial charge in [0.25, 0.3) is 0 Å². The summed E-state index contributed by atoms with van der Waals surface area (Å²) in [5.41, 5.74) is 0. The molecule has 3 unspecified atom stereocenters. The van der Waals surface area contributed by atoms with Crippen molar-refractivity contribution in [2.75, 3.05) is 5.75 Å². The minimum absolute atomic E-state index is 0.937. The van der Waals surface area contributed by atoms with Crippen LogP contribution < -0.4 is 0 Å². The molecule has 0 amide bonds. The molecule has 2 aliphatic rings. The van der Waals surface area contributed by atoms with Crippen LogP contribution >= 0.6 is 0 Å². The topological polar surface area (TPSA) is 0 Å². The van der Waals surface area contributed by atoms with Gasteiger partial charge in [0, 0.05) is 6.42 Å². The van der Waals surface area contributed by atoms with Gasteiger partial charge in [-0.2, -0.15) is 0 Å². The van der Waals surface area contributed by atoms with Gasteiger partial charge in [-0.1, -0.05) is 12.2 Å². The maximum Gasteiger partial charge on any atom is 0.175 e. The average Bonchev–Trinajstić information content (AvgIpc) is 2.60. The molecule has 0 aliphatic heterocycles. The Morgan fingerprint density at radius 3 is 2.82 bits per heavy atom. The number of hydrogen-bond donors (Lipinski definition) is 0. The molecule has 0 heterocycles. The summed E-state index contributed by atoms with van der Waals surface area (Å²) in [6, 6.07) is 0. The van der Waals surface area contributed by atoms with E-state index in [4.69, 9.17) is 0 Å². The van der Waals surface area contributed by atoms with Crippen molar-refractivity contribution in [1.82, 2.24) is 0 Å². The van der Waals surface area contributed by atoms with Gasteiger partial charge in [-0.15, -0.1) is 0 Å². The molecular formula is C10H15S+. The lowest BCUT2D eigenvalue weighted by Crippen LogP contribution is -2.08. The third-order valence-electron chi connectivity index (χ3n) is 3.05. The smallest absolute Gasteiger partial charge is 0.0851 e. The van der Waals surface area contributed by atoms with Gasteiger partial charge in [0.15, 0.2) is 23.0 Å². The van der Waals surface area contributed by atoms with Crippen molar-refractivity contribution in [2.45, 2.75) is 19.3 Å². The summed E-state index contributed by atoms with van der Waals surface area (Å²) in [6.07, 6.45) is 9.15. The monoisotopic (exact) mass is 167 g/mol. The van der Waals surface area contributed by atoms with Crippen molar-refractivity contribution in [3.05, 3.63) is 12.2 Å². The van der Waals surface area contributed by atoms with Crippen molar-refractivity contribution in [2.24, 2.45) is 17.8 Å². The molecule has 0 aromatic heterocycles. The fourth-order valence-electron chi connectivity index (χ4n) is 2.46. The molecule has 1 heteroatoms. The van der Waals surface area contributed by atoms with E-state index in [1.54, 1.807) is 11.4 Å². The predicted octanol–water partition coefficient (Wildman–Crippen LogP) is 2.10. The third kappa shape index (κ3) is 1.39. The molecule has 0 nitrogen and oxygen atoms in total. The molecule has 0 radical (unpaired) electrons. The minimum Gasteiger partial charge on any atom is -0.0851 e. The first kappa shape index (κ1) is 7.48. The fourth-order valence-corrected chi connectivity index (χ4v) is 2.93. The minimum atomic E-state index is 0.937. The molecule has 11 heavy (non-hydrogen) atoms. The molecule has 0 saturated heterocycles. The Morgan fingerprint density at radius 2 is 2.27 bits per heavy atom. The van der Waals surface area contributed by atoms with Crippen LogP contribution in [0.4, 0.5) is 0 Å². The van der Waals surface area contributed by atoms with Crippen molar-refractivity contribution in [3.8, 4) is 0 Å². The largest absolute Gasteiger partial charge is 0.175 e. The maximum absolute atomic E-state index is 3.81. The lowest BCUT2D eigenvalue weighted by molar-refractivity contribution is 0.438. The SMILES string of the molecule is C=[S+]CCC1CC2C=CC1C2. The van der Waals surface area contributed by atoms with Crippen LogP contribution in [0.15, 0.2) is 12.2 Å². The fraction of sp³-hybridized carbons (Fsp3) is 0.700. The van der Waals surface area contributed by atoms with E-state index in [0.29, 0.717) is 0 Å². The second-order valence-electron chi connectivity index (χ2n) is 3.74. The van der Waals surface area contributed by atoms with Crippen LogP contribution in [0.1, 0.15) is 19.3 Å². The highest BCUT2D eigenvalue weighted by molar-refractivity contribution is 7.76. The van der Waals surface area contributed by atoms with Gasteiger partial charge >= 0.3 is 0 Å². The molecule has 0 aromatic rings. The van der Waals surface area contributed by atoms with Gasteiger partial charge in [0.05, 0.1) is 0 Å². The number of rotatable bonds is 3. The number of allylic oxidation sites excluding steroid dienone is 2. The normalized spacial score (nSPS) is 39.8. The highest BCUT2D eigenvalue weighted by atomic mass is 32.1. The zero-order valence-corrected chi connectivity index (χ0v) is 7.65. The van der Waals surface area contributed by atoms with Crippen molar-refractivity contribution >= 4 is 17.2 Å². The van der Waals surface area contributed by atoms with Crippen LogP contribution in [0.2, 0.25) is 0 Å². The van der Waals surface area contributed by atoms with Gasteiger partial charge < -0.3 is 0 Å². The van der Waals surface area contributed by atoms with Crippen LogP contribution in [0.3, 0.4) is 0 Å².